The van der Waals surface area contributed by atoms with Crippen LogP contribution in [0.25, 0.3) is 10.6 Å². The van der Waals surface area contributed by atoms with Crippen molar-refractivity contribution in [1.29, 1.82) is 0 Å². The standard InChI is InChI=1S/C16H12ClN3O2S2/c1-18-16-20(11(8-23-16)14-4-5-15(17)24-14)19-7-10-2-3-12-13(6-10)22-9-21-12/h2-8H,9H2,1H3. The number of aromatic nitrogens is 1. The molecular formula is C16H12ClN3O2S2. The molecule has 0 radical (unpaired) electrons. The quantitative estimate of drug-likeness (QED) is 0.646. The van der Waals surface area contributed by atoms with Crippen molar-refractivity contribution in [1.82, 2.24) is 4.68 Å². The number of benzene rings is 1. The van der Waals surface area contributed by atoms with Gasteiger partial charge in [-0.15, -0.1) is 22.7 Å². The molecular weight excluding hydrogens is 366 g/mol. The largest absolute Gasteiger partial charge is 0.454 e. The monoisotopic (exact) mass is 377 g/mol. The number of hydrogen-bond donors (Lipinski definition) is 0. The lowest BCUT2D eigenvalue weighted by Crippen LogP contribution is -2.11. The number of thiophene rings is 1. The molecule has 1 aromatic carbocycles. The molecule has 0 spiro atoms. The van der Waals surface area contributed by atoms with Crippen LogP contribution in [0.15, 0.2) is 45.8 Å². The van der Waals surface area contributed by atoms with Crippen molar-refractivity contribution >= 4 is 40.5 Å². The summed E-state index contributed by atoms with van der Waals surface area (Å²) in [5.74, 6) is 1.49. The second-order valence-electron chi connectivity index (χ2n) is 4.90. The van der Waals surface area contributed by atoms with Gasteiger partial charge >= 0.3 is 0 Å². The summed E-state index contributed by atoms with van der Waals surface area (Å²) < 4.78 is 13.3. The van der Waals surface area contributed by atoms with E-state index >= 15 is 0 Å². The molecule has 0 amide bonds. The molecule has 24 heavy (non-hydrogen) atoms. The first-order valence-electron chi connectivity index (χ1n) is 7.07. The lowest BCUT2D eigenvalue weighted by molar-refractivity contribution is 0.174. The van der Waals surface area contributed by atoms with Gasteiger partial charge in [-0.25, -0.2) is 4.68 Å². The molecule has 4 rings (SSSR count). The smallest absolute Gasteiger partial charge is 0.231 e. The van der Waals surface area contributed by atoms with E-state index in [9.17, 15) is 0 Å². The van der Waals surface area contributed by atoms with Gasteiger partial charge in [-0.05, 0) is 35.9 Å². The van der Waals surface area contributed by atoms with Crippen molar-refractivity contribution in [3.05, 3.63) is 50.4 Å². The van der Waals surface area contributed by atoms with Crippen LogP contribution in [-0.4, -0.2) is 24.7 Å². The highest BCUT2D eigenvalue weighted by atomic mass is 35.5. The van der Waals surface area contributed by atoms with Gasteiger partial charge in [0.2, 0.25) is 11.6 Å². The van der Waals surface area contributed by atoms with Gasteiger partial charge in [0.05, 0.1) is 21.1 Å². The Morgan fingerprint density at radius 2 is 2.08 bits per heavy atom. The molecule has 1 aliphatic rings. The van der Waals surface area contributed by atoms with Crippen LogP contribution in [0.1, 0.15) is 5.56 Å². The van der Waals surface area contributed by atoms with Crippen LogP contribution in [-0.2, 0) is 0 Å². The van der Waals surface area contributed by atoms with Crippen LogP contribution >= 0.6 is 34.3 Å². The number of nitrogens with zero attached hydrogens (tertiary/aromatic N) is 3. The summed E-state index contributed by atoms with van der Waals surface area (Å²) in [6, 6.07) is 9.60. The Morgan fingerprint density at radius 1 is 1.21 bits per heavy atom. The van der Waals surface area contributed by atoms with Gasteiger partial charge in [0.15, 0.2) is 11.5 Å². The van der Waals surface area contributed by atoms with E-state index in [1.807, 2.05) is 40.4 Å². The van der Waals surface area contributed by atoms with Crippen LogP contribution in [0.2, 0.25) is 4.34 Å². The number of ether oxygens (including phenoxy) is 2. The fraction of sp³-hybridized carbons (Fsp3) is 0.125. The predicted molar refractivity (Wildman–Crippen MR) is 97.7 cm³/mol. The molecule has 1 aliphatic heterocycles. The third-order valence-corrected chi connectivity index (χ3v) is 5.58. The van der Waals surface area contributed by atoms with Crippen molar-refractivity contribution in [2.75, 3.05) is 13.8 Å². The third kappa shape index (κ3) is 2.86. The Hall–Kier alpha value is -2.09. The zero-order valence-corrected chi connectivity index (χ0v) is 15.0. The fourth-order valence-electron chi connectivity index (χ4n) is 2.30. The summed E-state index contributed by atoms with van der Waals surface area (Å²) >= 11 is 9.11. The molecule has 122 valence electrons. The molecule has 8 heteroatoms. The molecule has 0 unspecified atom stereocenters. The first kappa shape index (κ1) is 15.4. The van der Waals surface area contributed by atoms with Crippen molar-refractivity contribution in [3.8, 4) is 22.1 Å². The maximum absolute atomic E-state index is 6.06. The summed E-state index contributed by atoms with van der Waals surface area (Å²) in [6.45, 7) is 0.261. The second kappa shape index (κ2) is 6.43. The molecule has 5 nitrogen and oxygen atoms in total. The minimum absolute atomic E-state index is 0.261. The molecule has 3 aromatic rings. The first-order valence-corrected chi connectivity index (χ1v) is 9.15. The Balaban J connectivity index is 1.72. The summed E-state index contributed by atoms with van der Waals surface area (Å²) in [6.07, 6.45) is 1.78. The van der Waals surface area contributed by atoms with E-state index in [0.29, 0.717) is 0 Å². The lowest BCUT2D eigenvalue weighted by Gasteiger charge is -2.01. The molecule has 0 N–H and O–H groups in total. The normalized spacial score (nSPS) is 14.0. The third-order valence-electron chi connectivity index (χ3n) is 3.42. The first-order chi connectivity index (χ1) is 11.7. The molecule has 0 fully saturated rings. The zero-order valence-electron chi connectivity index (χ0n) is 12.6. The van der Waals surface area contributed by atoms with Gasteiger partial charge in [-0.2, -0.15) is 5.10 Å². The van der Waals surface area contributed by atoms with Crippen LogP contribution in [0, 0.1) is 0 Å². The van der Waals surface area contributed by atoms with E-state index in [-0.39, 0.29) is 6.79 Å². The van der Waals surface area contributed by atoms with Gasteiger partial charge in [-0.3, -0.25) is 4.99 Å². The van der Waals surface area contributed by atoms with Crippen molar-refractivity contribution < 1.29 is 9.47 Å². The Labute approximate surface area is 151 Å². The number of thiazole rings is 1. The van der Waals surface area contributed by atoms with E-state index in [0.717, 1.165) is 36.8 Å². The van der Waals surface area contributed by atoms with Crippen LogP contribution < -0.4 is 14.3 Å². The minimum Gasteiger partial charge on any atom is -0.454 e. The Kier molecular flexibility index (Phi) is 4.13. The summed E-state index contributed by atoms with van der Waals surface area (Å²) in [7, 11) is 1.75. The number of hydrogen-bond acceptors (Lipinski definition) is 6. The highest BCUT2D eigenvalue weighted by molar-refractivity contribution is 7.19. The van der Waals surface area contributed by atoms with E-state index in [2.05, 4.69) is 10.1 Å². The minimum atomic E-state index is 0.261. The van der Waals surface area contributed by atoms with Gasteiger partial charge < -0.3 is 9.47 Å². The van der Waals surface area contributed by atoms with E-state index < -0.39 is 0 Å². The van der Waals surface area contributed by atoms with Gasteiger partial charge in [-0.1, -0.05) is 11.6 Å². The average molecular weight is 378 g/mol. The number of fused-ring (bicyclic) bond motifs is 1. The lowest BCUT2D eigenvalue weighted by atomic mass is 10.2. The van der Waals surface area contributed by atoms with Gasteiger partial charge in [0.25, 0.3) is 0 Å². The van der Waals surface area contributed by atoms with Crippen molar-refractivity contribution in [2.45, 2.75) is 0 Å². The maximum atomic E-state index is 6.06. The average Bonchev–Trinajstić information content (AvgIpc) is 3.30. The van der Waals surface area contributed by atoms with Crippen LogP contribution in [0.3, 0.4) is 0 Å². The number of rotatable bonds is 3. The SMILES string of the molecule is CN=c1scc(-c2ccc(Cl)s2)n1N=Cc1ccc2c(c1)OCO2. The molecule has 2 aromatic heterocycles. The molecule has 0 saturated carbocycles. The summed E-state index contributed by atoms with van der Waals surface area (Å²) in [4.78, 5) is 6.15. The number of halogens is 1. The molecule has 0 saturated heterocycles. The topological polar surface area (TPSA) is 48.1 Å². The molecule has 0 atom stereocenters. The van der Waals surface area contributed by atoms with Gasteiger partial charge in [0, 0.05) is 12.4 Å². The Morgan fingerprint density at radius 3 is 2.88 bits per heavy atom. The van der Waals surface area contributed by atoms with Crippen molar-refractivity contribution in [2.24, 2.45) is 10.1 Å². The Bertz CT molecular complexity index is 987. The summed E-state index contributed by atoms with van der Waals surface area (Å²) in [5.41, 5.74) is 1.89. The van der Waals surface area contributed by atoms with E-state index in [1.165, 1.54) is 22.7 Å². The van der Waals surface area contributed by atoms with Gasteiger partial charge in [0.1, 0.15) is 0 Å². The van der Waals surface area contributed by atoms with Crippen LogP contribution in [0.5, 0.6) is 11.5 Å². The van der Waals surface area contributed by atoms with Crippen molar-refractivity contribution in [3.63, 3.8) is 0 Å². The van der Waals surface area contributed by atoms with Crippen LogP contribution in [0.4, 0.5) is 0 Å². The van der Waals surface area contributed by atoms with E-state index in [1.54, 1.807) is 13.3 Å². The molecule has 0 bridgehead atoms. The summed E-state index contributed by atoms with van der Waals surface area (Å²) in [5, 5.41) is 6.62. The predicted octanol–water partition coefficient (Wildman–Crippen LogP) is 4.07. The second-order valence-corrected chi connectivity index (χ2v) is 7.45. The molecule has 3 heterocycles. The fourth-order valence-corrected chi connectivity index (χ4v) is 4.22. The molecule has 0 aliphatic carbocycles. The van der Waals surface area contributed by atoms with E-state index in [4.69, 9.17) is 21.1 Å². The zero-order chi connectivity index (χ0) is 16.5. The highest BCUT2D eigenvalue weighted by Gasteiger charge is 2.13. The maximum Gasteiger partial charge on any atom is 0.231 e. The highest BCUT2D eigenvalue weighted by Crippen LogP contribution is 2.33.